The Kier molecular flexibility index (Phi) is 4.61. The molecule has 4 heteroatoms. The van der Waals surface area contributed by atoms with Crippen molar-refractivity contribution in [3.8, 4) is 0 Å². The number of nitrogens with one attached hydrogen (secondary N) is 2. The number of benzene rings is 1. The van der Waals surface area contributed by atoms with Gasteiger partial charge in [0.2, 0.25) is 0 Å². The Bertz CT molecular complexity index is 460. The Morgan fingerprint density at radius 3 is 2.80 bits per heavy atom. The van der Waals surface area contributed by atoms with Gasteiger partial charge < -0.3 is 10.6 Å². The van der Waals surface area contributed by atoms with Crippen molar-refractivity contribution in [2.75, 3.05) is 11.9 Å². The van der Waals surface area contributed by atoms with Gasteiger partial charge in [-0.05, 0) is 72.3 Å². The summed E-state index contributed by atoms with van der Waals surface area (Å²) in [5, 5.41) is 7.32. The maximum atomic E-state index is 13.2. The SMILES string of the molecule is Fc1ccc(NC2CCCC2C2CCCCN2)c(Br)c1. The normalized spacial score (nSPS) is 30.4. The average Bonchev–Trinajstić information content (AvgIpc) is 2.91. The maximum Gasteiger partial charge on any atom is 0.124 e. The molecule has 1 aromatic carbocycles. The minimum absolute atomic E-state index is 0.195. The smallest absolute Gasteiger partial charge is 0.124 e. The highest BCUT2D eigenvalue weighted by Crippen LogP contribution is 2.35. The van der Waals surface area contributed by atoms with Gasteiger partial charge in [0.25, 0.3) is 0 Å². The molecule has 20 heavy (non-hydrogen) atoms. The van der Waals surface area contributed by atoms with Crippen molar-refractivity contribution in [1.29, 1.82) is 0 Å². The Balaban J connectivity index is 1.68. The van der Waals surface area contributed by atoms with Gasteiger partial charge in [0.15, 0.2) is 0 Å². The predicted octanol–water partition coefficient (Wildman–Crippen LogP) is 4.31. The molecule has 1 saturated carbocycles. The topological polar surface area (TPSA) is 24.1 Å². The zero-order valence-corrected chi connectivity index (χ0v) is 13.3. The standard InChI is InChI=1S/C16H22BrFN2/c17-13-10-11(18)7-8-16(13)20-15-6-3-4-12(15)14-5-1-2-9-19-14/h7-8,10,12,14-15,19-20H,1-6,9H2. The molecule has 1 aliphatic heterocycles. The van der Waals surface area contributed by atoms with Gasteiger partial charge in [-0.25, -0.2) is 4.39 Å². The van der Waals surface area contributed by atoms with Gasteiger partial charge in [0.1, 0.15) is 5.82 Å². The number of halogens is 2. The fourth-order valence-electron chi connectivity index (χ4n) is 3.70. The molecule has 3 unspecified atom stereocenters. The second-order valence-corrected chi connectivity index (χ2v) is 6.88. The molecule has 0 radical (unpaired) electrons. The van der Waals surface area contributed by atoms with Crippen LogP contribution in [0.5, 0.6) is 0 Å². The van der Waals surface area contributed by atoms with Gasteiger partial charge in [-0.1, -0.05) is 12.8 Å². The molecule has 1 saturated heterocycles. The Hall–Kier alpha value is -0.610. The van der Waals surface area contributed by atoms with Crippen LogP contribution in [0, 0.1) is 11.7 Å². The molecule has 1 heterocycles. The summed E-state index contributed by atoms with van der Waals surface area (Å²) in [4.78, 5) is 0. The number of piperidine rings is 1. The highest BCUT2D eigenvalue weighted by atomic mass is 79.9. The predicted molar refractivity (Wildman–Crippen MR) is 84.5 cm³/mol. The van der Waals surface area contributed by atoms with E-state index in [1.165, 1.54) is 50.7 Å². The van der Waals surface area contributed by atoms with Crippen LogP contribution in [-0.2, 0) is 0 Å². The van der Waals surface area contributed by atoms with E-state index >= 15 is 0 Å². The van der Waals surface area contributed by atoms with Crippen LogP contribution in [0.25, 0.3) is 0 Å². The summed E-state index contributed by atoms with van der Waals surface area (Å²) in [7, 11) is 0. The summed E-state index contributed by atoms with van der Waals surface area (Å²) in [6, 6.07) is 6.06. The van der Waals surface area contributed by atoms with Crippen LogP contribution in [-0.4, -0.2) is 18.6 Å². The molecular weight excluding hydrogens is 319 g/mol. The van der Waals surface area contributed by atoms with Crippen molar-refractivity contribution < 1.29 is 4.39 Å². The molecule has 2 fully saturated rings. The summed E-state index contributed by atoms with van der Waals surface area (Å²) in [5.41, 5.74) is 1.01. The van der Waals surface area contributed by atoms with E-state index in [2.05, 4.69) is 26.6 Å². The summed E-state index contributed by atoms with van der Waals surface area (Å²) < 4.78 is 14.0. The van der Waals surface area contributed by atoms with Gasteiger partial charge in [-0.15, -0.1) is 0 Å². The Morgan fingerprint density at radius 1 is 1.15 bits per heavy atom. The molecule has 2 N–H and O–H groups in total. The third kappa shape index (κ3) is 3.17. The zero-order valence-electron chi connectivity index (χ0n) is 11.7. The van der Waals surface area contributed by atoms with Crippen molar-refractivity contribution in [1.82, 2.24) is 5.32 Å². The maximum absolute atomic E-state index is 13.2. The van der Waals surface area contributed by atoms with Crippen LogP contribution >= 0.6 is 15.9 Å². The van der Waals surface area contributed by atoms with Crippen LogP contribution < -0.4 is 10.6 Å². The Morgan fingerprint density at radius 2 is 2.05 bits per heavy atom. The monoisotopic (exact) mass is 340 g/mol. The van der Waals surface area contributed by atoms with Crippen molar-refractivity contribution in [3.63, 3.8) is 0 Å². The van der Waals surface area contributed by atoms with E-state index < -0.39 is 0 Å². The van der Waals surface area contributed by atoms with Crippen LogP contribution in [0.15, 0.2) is 22.7 Å². The minimum atomic E-state index is -0.195. The zero-order chi connectivity index (χ0) is 13.9. The van der Waals surface area contributed by atoms with Crippen LogP contribution in [0.1, 0.15) is 38.5 Å². The van der Waals surface area contributed by atoms with E-state index in [4.69, 9.17) is 0 Å². The quantitative estimate of drug-likeness (QED) is 0.856. The second-order valence-electron chi connectivity index (χ2n) is 6.03. The molecule has 1 aromatic rings. The van der Waals surface area contributed by atoms with E-state index in [1.807, 2.05) is 6.07 Å². The molecule has 2 aliphatic rings. The lowest BCUT2D eigenvalue weighted by molar-refractivity contribution is 0.286. The first kappa shape index (κ1) is 14.3. The molecular formula is C16H22BrFN2. The minimum Gasteiger partial charge on any atom is -0.381 e. The van der Waals surface area contributed by atoms with Crippen LogP contribution in [0.2, 0.25) is 0 Å². The summed E-state index contributed by atoms with van der Waals surface area (Å²) in [6.07, 6.45) is 7.76. The van der Waals surface area contributed by atoms with E-state index in [0.29, 0.717) is 18.0 Å². The first-order valence-electron chi connectivity index (χ1n) is 7.69. The first-order valence-corrected chi connectivity index (χ1v) is 8.48. The third-order valence-electron chi connectivity index (χ3n) is 4.71. The van der Waals surface area contributed by atoms with Crippen molar-refractivity contribution >= 4 is 21.6 Å². The largest absolute Gasteiger partial charge is 0.381 e. The molecule has 0 bridgehead atoms. The fraction of sp³-hybridized carbons (Fsp3) is 0.625. The third-order valence-corrected chi connectivity index (χ3v) is 5.36. The summed E-state index contributed by atoms with van der Waals surface area (Å²) in [6.45, 7) is 1.16. The lowest BCUT2D eigenvalue weighted by Gasteiger charge is -2.33. The molecule has 3 atom stereocenters. The van der Waals surface area contributed by atoms with Gasteiger partial charge in [0, 0.05) is 22.2 Å². The average molecular weight is 341 g/mol. The first-order chi connectivity index (χ1) is 9.74. The fourth-order valence-corrected chi connectivity index (χ4v) is 4.17. The number of rotatable bonds is 3. The van der Waals surface area contributed by atoms with Crippen molar-refractivity contribution in [2.24, 2.45) is 5.92 Å². The number of hydrogen-bond donors (Lipinski definition) is 2. The molecule has 1 aliphatic carbocycles. The molecule has 3 rings (SSSR count). The molecule has 2 nitrogen and oxygen atoms in total. The van der Waals surface area contributed by atoms with Crippen LogP contribution in [0.4, 0.5) is 10.1 Å². The molecule has 0 spiro atoms. The lowest BCUT2D eigenvalue weighted by atomic mass is 9.88. The van der Waals surface area contributed by atoms with Crippen molar-refractivity contribution in [2.45, 2.75) is 50.6 Å². The van der Waals surface area contributed by atoms with Gasteiger partial charge in [-0.3, -0.25) is 0 Å². The van der Waals surface area contributed by atoms with Crippen molar-refractivity contribution in [3.05, 3.63) is 28.5 Å². The Labute approximate surface area is 128 Å². The van der Waals surface area contributed by atoms with Gasteiger partial charge >= 0.3 is 0 Å². The lowest BCUT2D eigenvalue weighted by Crippen LogP contribution is -2.44. The van der Waals surface area contributed by atoms with Crippen LogP contribution in [0.3, 0.4) is 0 Å². The molecule has 110 valence electrons. The van der Waals surface area contributed by atoms with E-state index in [1.54, 1.807) is 0 Å². The van der Waals surface area contributed by atoms with Gasteiger partial charge in [0.05, 0.1) is 0 Å². The van der Waals surface area contributed by atoms with E-state index in [-0.39, 0.29) is 5.82 Å². The number of hydrogen-bond acceptors (Lipinski definition) is 2. The highest BCUT2D eigenvalue weighted by molar-refractivity contribution is 9.10. The van der Waals surface area contributed by atoms with E-state index in [9.17, 15) is 4.39 Å². The van der Waals surface area contributed by atoms with Gasteiger partial charge in [-0.2, -0.15) is 0 Å². The molecule has 0 amide bonds. The second kappa shape index (κ2) is 6.44. The summed E-state index contributed by atoms with van der Waals surface area (Å²) >= 11 is 3.45. The molecule has 0 aromatic heterocycles. The summed E-state index contributed by atoms with van der Waals surface area (Å²) in [5.74, 6) is 0.506. The number of anilines is 1. The van der Waals surface area contributed by atoms with E-state index in [0.717, 1.165) is 16.7 Å². The highest BCUT2D eigenvalue weighted by Gasteiger charge is 2.34.